The van der Waals surface area contributed by atoms with E-state index in [1.165, 1.54) is 11.1 Å². The fraction of sp³-hybridized carbons (Fsp3) is 0.250. The maximum atomic E-state index is 4.33. The third-order valence-electron chi connectivity index (χ3n) is 1.85. The van der Waals surface area contributed by atoms with Crippen molar-refractivity contribution < 1.29 is 0 Å². The highest BCUT2D eigenvalue weighted by molar-refractivity contribution is 5.61. The predicted molar refractivity (Wildman–Crippen MR) is 57.4 cm³/mol. The van der Waals surface area contributed by atoms with Crippen LogP contribution in [0, 0.1) is 6.92 Å². The van der Waals surface area contributed by atoms with Crippen molar-refractivity contribution in [3.05, 3.63) is 47.8 Å². The summed E-state index contributed by atoms with van der Waals surface area (Å²) in [6, 6.07) is 4.12. The number of nitrogens with zero attached hydrogens (tertiary/aromatic N) is 1. The van der Waals surface area contributed by atoms with E-state index in [2.05, 4.69) is 24.1 Å². The van der Waals surface area contributed by atoms with Gasteiger partial charge in [-0.25, -0.2) is 0 Å². The number of pyridine rings is 1. The third kappa shape index (κ3) is 2.86. The van der Waals surface area contributed by atoms with E-state index in [-0.39, 0.29) is 0 Å². The number of allylic oxidation sites excluding steroid dienone is 4. The van der Waals surface area contributed by atoms with Gasteiger partial charge in [-0.1, -0.05) is 24.3 Å². The highest BCUT2D eigenvalue weighted by Crippen LogP contribution is 2.10. The first-order valence-electron chi connectivity index (χ1n) is 4.46. The van der Waals surface area contributed by atoms with Crippen LogP contribution in [0.25, 0.3) is 5.57 Å². The molecule has 0 unspecified atom stereocenters. The van der Waals surface area contributed by atoms with Crippen molar-refractivity contribution >= 4 is 5.57 Å². The molecule has 0 aromatic carbocycles. The Bertz CT molecular complexity index is 317. The van der Waals surface area contributed by atoms with Gasteiger partial charge in [0, 0.05) is 6.20 Å². The molecule has 0 radical (unpaired) electrons. The molecular weight excluding hydrogens is 158 g/mol. The van der Waals surface area contributed by atoms with E-state index < -0.39 is 0 Å². The number of aryl methyl sites for hydroxylation is 1. The zero-order chi connectivity index (χ0) is 9.68. The van der Waals surface area contributed by atoms with Crippen LogP contribution in [0.3, 0.4) is 0 Å². The largest absolute Gasteiger partial charge is 0.256 e. The van der Waals surface area contributed by atoms with Crippen LogP contribution >= 0.6 is 0 Å². The van der Waals surface area contributed by atoms with Crippen LogP contribution in [0.1, 0.15) is 25.1 Å². The van der Waals surface area contributed by atoms with Crippen molar-refractivity contribution in [1.29, 1.82) is 0 Å². The SMILES string of the molecule is C/C=C\C=C(/C)c1ccc(C)cn1. The standard InChI is InChI=1S/C12H15N/c1-4-5-6-11(3)12-8-7-10(2)9-13-12/h4-9H,1-3H3/b5-4-,11-6+. The molecule has 0 N–H and O–H groups in total. The smallest absolute Gasteiger partial charge is 0.0658 e. The van der Waals surface area contributed by atoms with E-state index in [9.17, 15) is 0 Å². The van der Waals surface area contributed by atoms with Crippen LogP contribution in [-0.2, 0) is 0 Å². The molecule has 1 heteroatoms. The topological polar surface area (TPSA) is 12.9 Å². The van der Waals surface area contributed by atoms with Crippen molar-refractivity contribution in [2.45, 2.75) is 20.8 Å². The van der Waals surface area contributed by atoms with Crippen molar-refractivity contribution in [2.24, 2.45) is 0 Å². The van der Waals surface area contributed by atoms with Crippen LogP contribution in [0.15, 0.2) is 36.6 Å². The van der Waals surface area contributed by atoms with Crippen LogP contribution < -0.4 is 0 Å². The third-order valence-corrected chi connectivity index (χ3v) is 1.85. The second kappa shape index (κ2) is 4.61. The normalized spacial score (nSPS) is 12.4. The zero-order valence-corrected chi connectivity index (χ0v) is 8.41. The molecule has 0 saturated heterocycles. The first-order chi connectivity index (χ1) is 6.24. The van der Waals surface area contributed by atoms with E-state index in [1.54, 1.807) is 0 Å². The molecule has 0 bridgehead atoms. The molecular formula is C12H15N. The summed E-state index contributed by atoms with van der Waals surface area (Å²) in [5, 5.41) is 0. The lowest BCUT2D eigenvalue weighted by Gasteiger charge is -1.99. The average molecular weight is 173 g/mol. The van der Waals surface area contributed by atoms with Crippen LogP contribution in [0.2, 0.25) is 0 Å². The molecule has 0 spiro atoms. The van der Waals surface area contributed by atoms with Gasteiger partial charge in [-0.05, 0) is 38.0 Å². The Morgan fingerprint density at radius 1 is 1.38 bits per heavy atom. The van der Waals surface area contributed by atoms with Gasteiger partial charge in [-0.15, -0.1) is 0 Å². The van der Waals surface area contributed by atoms with Gasteiger partial charge in [0.2, 0.25) is 0 Å². The van der Waals surface area contributed by atoms with Crippen molar-refractivity contribution in [1.82, 2.24) is 4.98 Å². The average Bonchev–Trinajstić information content (AvgIpc) is 2.15. The number of aromatic nitrogens is 1. The molecule has 1 rings (SSSR count). The summed E-state index contributed by atoms with van der Waals surface area (Å²) < 4.78 is 0. The lowest BCUT2D eigenvalue weighted by Crippen LogP contribution is -1.85. The minimum atomic E-state index is 1.05. The summed E-state index contributed by atoms with van der Waals surface area (Å²) in [5.41, 5.74) is 3.43. The molecule has 0 aliphatic rings. The maximum absolute atomic E-state index is 4.33. The van der Waals surface area contributed by atoms with Gasteiger partial charge in [0.1, 0.15) is 0 Å². The molecule has 1 aromatic heterocycles. The fourth-order valence-corrected chi connectivity index (χ4v) is 1.03. The van der Waals surface area contributed by atoms with Gasteiger partial charge in [-0.3, -0.25) is 4.98 Å². The minimum absolute atomic E-state index is 1.05. The molecule has 0 aliphatic heterocycles. The summed E-state index contributed by atoms with van der Waals surface area (Å²) in [4.78, 5) is 4.33. The predicted octanol–water partition coefficient (Wildman–Crippen LogP) is 3.37. The summed E-state index contributed by atoms with van der Waals surface area (Å²) in [7, 11) is 0. The van der Waals surface area contributed by atoms with Gasteiger partial charge in [0.15, 0.2) is 0 Å². The Kier molecular flexibility index (Phi) is 3.44. The van der Waals surface area contributed by atoms with E-state index in [4.69, 9.17) is 0 Å². The van der Waals surface area contributed by atoms with Crippen molar-refractivity contribution in [3.63, 3.8) is 0 Å². The fourth-order valence-electron chi connectivity index (χ4n) is 1.03. The summed E-state index contributed by atoms with van der Waals surface area (Å²) >= 11 is 0. The molecule has 0 aliphatic carbocycles. The maximum Gasteiger partial charge on any atom is 0.0658 e. The van der Waals surface area contributed by atoms with Crippen LogP contribution in [0.4, 0.5) is 0 Å². The number of rotatable bonds is 2. The second-order valence-corrected chi connectivity index (χ2v) is 3.10. The number of hydrogen-bond acceptors (Lipinski definition) is 1. The van der Waals surface area contributed by atoms with E-state index >= 15 is 0 Å². The van der Waals surface area contributed by atoms with Crippen molar-refractivity contribution in [2.75, 3.05) is 0 Å². The Balaban J connectivity index is 2.89. The lowest BCUT2D eigenvalue weighted by atomic mass is 10.1. The highest BCUT2D eigenvalue weighted by atomic mass is 14.7. The first kappa shape index (κ1) is 9.72. The molecule has 1 nitrogen and oxygen atoms in total. The summed E-state index contributed by atoms with van der Waals surface area (Å²) in [5.74, 6) is 0. The molecule has 1 aromatic rings. The van der Waals surface area contributed by atoms with Gasteiger partial charge in [0.25, 0.3) is 0 Å². The second-order valence-electron chi connectivity index (χ2n) is 3.10. The first-order valence-corrected chi connectivity index (χ1v) is 4.46. The van der Waals surface area contributed by atoms with Crippen LogP contribution in [0.5, 0.6) is 0 Å². The quantitative estimate of drug-likeness (QED) is 0.625. The van der Waals surface area contributed by atoms with E-state index in [0.29, 0.717) is 0 Å². The molecule has 0 fully saturated rings. The Labute approximate surface area is 79.8 Å². The molecule has 13 heavy (non-hydrogen) atoms. The van der Waals surface area contributed by atoms with Gasteiger partial charge < -0.3 is 0 Å². The number of hydrogen-bond donors (Lipinski definition) is 0. The Morgan fingerprint density at radius 2 is 2.15 bits per heavy atom. The van der Waals surface area contributed by atoms with Crippen LogP contribution in [-0.4, -0.2) is 4.98 Å². The summed E-state index contributed by atoms with van der Waals surface area (Å²) in [6.07, 6.45) is 7.99. The van der Waals surface area contributed by atoms with Gasteiger partial charge in [-0.2, -0.15) is 0 Å². The van der Waals surface area contributed by atoms with Gasteiger partial charge in [0.05, 0.1) is 5.69 Å². The minimum Gasteiger partial charge on any atom is -0.256 e. The Morgan fingerprint density at radius 3 is 2.69 bits per heavy atom. The molecule has 0 atom stereocenters. The summed E-state index contributed by atoms with van der Waals surface area (Å²) in [6.45, 7) is 6.12. The lowest BCUT2D eigenvalue weighted by molar-refractivity contribution is 1.22. The zero-order valence-electron chi connectivity index (χ0n) is 8.41. The Hall–Kier alpha value is -1.37. The molecule has 68 valence electrons. The molecule has 0 saturated carbocycles. The highest BCUT2D eigenvalue weighted by Gasteiger charge is 1.94. The van der Waals surface area contributed by atoms with Crippen molar-refractivity contribution in [3.8, 4) is 0 Å². The monoisotopic (exact) mass is 173 g/mol. The van der Waals surface area contributed by atoms with E-state index in [1.807, 2.05) is 38.3 Å². The van der Waals surface area contributed by atoms with Gasteiger partial charge >= 0.3 is 0 Å². The molecule has 1 heterocycles. The molecule has 0 amide bonds. The van der Waals surface area contributed by atoms with E-state index in [0.717, 1.165) is 5.69 Å².